The van der Waals surface area contributed by atoms with Gasteiger partial charge < -0.3 is 14.8 Å². The predicted octanol–water partition coefficient (Wildman–Crippen LogP) is 2.56. The van der Waals surface area contributed by atoms with Crippen molar-refractivity contribution in [1.82, 2.24) is 5.32 Å². The van der Waals surface area contributed by atoms with Crippen molar-refractivity contribution in [3.05, 3.63) is 23.8 Å². The Morgan fingerprint density at radius 3 is 2.27 bits per heavy atom. The highest BCUT2D eigenvalue weighted by atomic mass is 19.4. The Bertz CT molecular complexity index is 531. The zero-order chi connectivity index (χ0) is 17.0. The topological polar surface area (TPSA) is 47.6 Å². The summed E-state index contributed by atoms with van der Waals surface area (Å²) >= 11 is 0. The van der Waals surface area contributed by atoms with Crippen molar-refractivity contribution in [2.45, 2.75) is 18.5 Å². The van der Waals surface area contributed by atoms with E-state index in [1.807, 2.05) is 0 Å². The van der Waals surface area contributed by atoms with Crippen LogP contribution in [0.1, 0.15) is 5.56 Å². The average molecular weight is 327 g/mol. The summed E-state index contributed by atoms with van der Waals surface area (Å²) in [5.41, 5.74) is 0.498. The molecule has 0 saturated heterocycles. The van der Waals surface area contributed by atoms with Gasteiger partial charge in [-0.1, -0.05) is 0 Å². The second-order valence-electron chi connectivity index (χ2n) is 4.26. The molecule has 0 unspecified atom stereocenters. The van der Waals surface area contributed by atoms with Gasteiger partial charge in [-0.25, -0.2) is 0 Å². The van der Waals surface area contributed by atoms with Crippen LogP contribution in [0.4, 0.5) is 22.0 Å². The average Bonchev–Trinajstić information content (AvgIpc) is 2.45. The highest BCUT2D eigenvalue weighted by Gasteiger charge is 2.63. The number of rotatable bonds is 6. The summed E-state index contributed by atoms with van der Waals surface area (Å²) in [7, 11) is 2.79. The molecule has 1 N–H and O–H groups in total. The first-order valence-electron chi connectivity index (χ1n) is 6.07. The number of halogens is 5. The van der Waals surface area contributed by atoms with Crippen molar-refractivity contribution in [2.24, 2.45) is 0 Å². The molecule has 124 valence electrons. The first-order valence-corrected chi connectivity index (χ1v) is 6.07. The molecule has 0 fully saturated rings. The quantitative estimate of drug-likeness (QED) is 0.817. The lowest BCUT2D eigenvalue weighted by Gasteiger charge is -2.18. The number of methoxy groups -OCH3 is 2. The Kier molecular flexibility index (Phi) is 5.56. The van der Waals surface area contributed by atoms with E-state index < -0.39 is 24.6 Å². The van der Waals surface area contributed by atoms with Gasteiger partial charge in [0.05, 0.1) is 14.2 Å². The molecule has 4 nitrogen and oxygen atoms in total. The Hall–Kier alpha value is -2.06. The number of amides is 1. The van der Waals surface area contributed by atoms with E-state index in [1.165, 1.54) is 20.3 Å². The van der Waals surface area contributed by atoms with Crippen LogP contribution in [0.25, 0.3) is 0 Å². The predicted molar refractivity (Wildman–Crippen MR) is 67.3 cm³/mol. The standard InChI is InChI=1S/C13H14F5NO3/c1-21-9-3-4-10(22-2)8(7-9)5-6-19-11(20)12(14,15)13(16,17)18/h3-4,7H,5-6H2,1-2H3,(H,19,20). The summed E-state index contributed by atoms with van der Waals surface area (Å²) in [4.78, 5) is 10.9. The minimum Gasteiger partial charge on any atom is -0.497 e. The molecule has 1 rings (SSSR count). The van der Waals surface area contributed by atoms with E-state index in [0.29, 0.717) is 17.1 Å². The first-order chi connectivity index (χ1) is 10.1. The number of carbonyl (C=O) groups excluding carboxylic acids is 1. The van der Waals surface area contributed by atoms with Crippen molar-refractivity contribution in [2.75, 3.05) is 20.8 Å². The molecule has 22 heavy (non-hydrogen) atoms. The van der Waals surface area contributed by atoms with E-state index >= 15 is 0 Å². The minimum absolute atomic E-state index is 0.0000501. The number of nitrogens with one attached hydrogen (secondary N) is 1. The van der Waals surface area contributed by atoms with Crippen molar-refractivity contribution in [3.63, 3.8) is 0 Å². The van der Waals surface area contributed by atoms with Crippen LogP contribution in [-0.4, -0.2) is 38.8 Å². The largest absolute Gasteiger partial charge is 0.497 e. The fourth-order valence-corrected chi connectivity index (χ4v) is 1.63. The third-order valence-electron chi connectivity index (χ3n) is 2.81. The van der Waals surface area contributed by atoms with E-state index in [1.54, 1.807) is 17.4 Å². The molecule has 0 aliphatic rings. The number of ether oxygens (including phenoxy) is 2. The first kappa shape index (κ1) is 18.0. The van der Waals surface area contributed by atoms with Gasteiger partial charge in [0.25, 0.3) is 5.91 Å². The van der Waals surface area contributed by atoms with Gasteiger partial charge in [0.2, 0.25) is 0 Å². The van der Waals surface area contributed by atoms with Gasteiger partial charge in [-0.05, 0) is 30.2 Å². The van der Waals surface area contributed by atoms with Crippen molar-refractivity contribution >= 4 is 5.91 Å². The molecular formula is C13H14F5NO3. The van der Waals surface area contributed by atoms with Crippen LogP contribution in [0.3, 0.4) is 0 Å². The Labute approximate surface area is 123 Å². The maximum Gasteiger partial charge on any atom is 0.463 e. The van der Waals surface area contributed by atoms with Gasteiger partial charge in [-0.2, -0.15) is 22.0 Å². The van der Waals surface area contributed by atoms with Gasteiger partial charge in [-0.3, -0.25) is 4.79 Å². The van der Waals surface area contributed by atoms with Crippen LogP contribution in [0.2, 0.25) is 0 Å². The van der Waals surface area contributed by atoms with Crippen LogP contribution >= 0.6 is 0 Å². The van der Waals surface area contributed by atoms with Crippen molar-refractivity contribution in [3.8, 4) is 11.5 Å². The summed E-state index contributed by atoms with van der Waals surface area (Å²) in [6.45, 7) is -0.409. The summed E-state index contributed by atoms with van der Waals surface area (Å²) < 4.78 is 71.5. The summed E-state index contributed by atoms with van der Waals surface area (Å²) in [5, 5.41) is 1.56. The monoisotopic (exact) mass is 327 g/mol. The molecule has 0 saturated carbocycles. The molecule has 0 heterocycles. The molecular weight excluding hydrogens is 313 g/mol. The molecule has 0 aromatic heterocycles. The lowest BCUT2D eigenvalue weighted by Crippen LogP contribution is -2.50. The van der Waals surface area contributed by atoms with Gasteiger partial charge >= 0.3 is 12.1 Å². The van der Waals surface area contributed by atoms with Crippen molar-refractivity contribution in [1.29, 1.82) is 0 Å². The zero-order valence-electron chi connectivity index (χ0n) is 11.8. The molecule has 0 radical (unpaired) electrons. The fourth-order valence-electron chi connectivity index (χ4n) is 1.63. The van der Waals surface area contributed by atoms with E-state index in [4.69, 9.17) is 9.47 Å². The number of benzene rings is 1. The minimum atomic E-state index is -5.93. The third kappa shape index (κ3) is 3.99. The molecule has 9 heteroatoms. The molecule has 1 aromatic rings. The smallest absolute Gasteiger partial charge is 0.463 e. The van der Waals surface area contributed by atoms with Gasteiger partial charge in [0.1, 0.15) is 11.5 Å². The fraction of sp³-hybridized carbons (Fsp3) is 0.462. The van der Waals surface area contributed by atoms with Crippen LogP contribution in [0.15, 0.2) is 18.2 Å². The van der Waals surface area contributed by atoms with E-state index in [2.05, 4.69) is 0 Å². The Morgan fingerprint density at radius 1 is 1.14 bits per heavy atom. The van der Waals surface area contributed by atoms with Gasteiger partial charge in [-0.15, -0.1) is 0 Å². The van der Waals surface area contributed by atoms with E-state index in [0.717, 1.165) is 0 Å². The maximum atomic E-state index is 12.7. The normalized spacial score (nSPS) is 12.0. The number of hydrogen-bond donors (Lipinski definition) is 1. The van der Waals surface area contributed by atoms with Crippen LogP contribution in [-0.2, 0) is 11.2 Å². The number of alkyl halides is 5. The van der Waals surface area contributed by atoms with Crippen LogP contribution < -0.4 is 14.8 Å². The molecule has 0 bridgehead atoms. The second-order valence-corrected chi connectivity index (χ2v) is 4.26. The van der Waals surface area contributed by atoms with Crippen LogP contribution in [0, 0.1) is 0 Å². The van der Waals surface area contributed by atoms with Crippen molar-refractivity contribution < 1.29 is 36.2 Å². The lowest BCUT2D eigenvalue weighted by atomic mass is 10.1. The SMILES string of the molecule is COc1ccc(OC)c(CCNC(=O)C(F)(F)C(F)(F)F)c1. The van der Waals surface area contributed by atoms with Gasteiger partial charge in [0.15, 0.2) is 0 Å². The summed E-state index contributed by atoms with van der Waals surface area (Å²) in [6.07, 6.45) is -5.93. The molecule has 1 aromatic carbocycles. The summed E-state index contributed by atoms with van der Waals surface area (Å²) in [5.74, 6) is -6.95. The number of hydrogen-bond acceptors (Lipinski definition) is 3. The van der Waals surface area contributed by atoms with E-state index in [9.17, 15) is 26.7 Å². The molecule has 0 atom stereocenters. The van der Waals surface area contributed by atoms with Crippen LogP contribution in [0.5, 0.6) is 11.5 Å². The molecule has 0 aliphatic heterocycles. The van der Waals surface area contributed by atoms with Gasteiger partial charge in [0, 0.05) is 6.54 Å². The molecule has 0 spiro atoms. The molecule has 1 amide bonds. The Morgan fingerprint density at radius 2 is 1.77 bits per heavy atom. The Balaban J connectivity index is 2.70. The summed E-state index contributed by atoms with van der Waals surface area (Å²) in [6, 6.07) is 4.69. The highest BCUT2D eigenvalue weighted by molar-refractivity contribution is 5.84. The third-order valence-corrected chi connectivity index (χ3v) is 2.81. The maximum absolute atomic E-state index is 12.7. The second kappa shape index (κ2) is 6.80. The van der Waals surface area contributed by atoms with E-state index in [-0.39, 0.29) is 6.42 Å². The lowest BCUT2D eigenvalue weighted by molar-refractivity contribution is -0.269. The zero-order valence-corrected chi connectivity index (χ0v) is 11.8. The highest BCUT2D eigenvalue weighted by Crippen LogP contribution is 2.35. The number of carbonyl (C=O) groups is 1. The molecule has 0 aliphatic carbocycles.